The summed E-state index contributed by atoms with van der Waals surface area (Å²) in [5.74, 6) is 0.305. The summed E-state index contributed by atoms with van der Waals surface area (Å²) in [6.07, 6.45) is 3.86. The Balaban J connectivity index is 1.55. The predicted octanol–water partition coefficient (Wildman–Crippen LogP) is 4.60. The van der Waals surface area contributed by atoms with Gasteiger partial charge in [0.25, 0.3) is 11.1 Å². The first-order valence-electron chi connectivity index (χ1n) is 11.4. The summed E-state index contributed by atoms with van der Waals surface area (Å²) in [7, 11) is 3.17. The monoisotopic (exact) mass is 495 g/mol. The third-order valence-corrected chi connectivity index (χ3v) is 7.09. The molecule has 8 nitrogen and oxygen atoms in total. The van der Waals surface area contributed by atoms with Crippen LogP contribution in [0.3, 0.4) is 0 Å². The summed E-state index contributed by atoms with van der Waals surface area (Å²) in [6.45, 7) is 5.32. The molecule has 0 bridgehead atoms. The summed E-state index contributed by atoms with van der Waals surface area (Å²) in [4.78, 5) is 41.7. The second-order valence-corrected chi connectivity index (χ2v) is 9.54. The quantitative estimate of drug-likeness (QED) is 0.562. The van der Waals surface area contributed by atoms with Crippen LogP contribution in [0.1, 0.15) is 29.5 Å². The number of amides is 3. The standard InChI is InChI=1S/C26H29N3O5S/c1-16-8-7-9-17(2)24(16)27-23(30)15-29-25(31)22(35-26(29)32)13-18-12-21(34-4)19(14-20(18)33-3)28-10-5-6-11-28/h7-9,12-14H,5-6,10-11,15H2,1-4H3,(H,27,30)/b22-13-. The van der Waals surface area contributed by atoms with Crippen LogP contribution >= 0.6 is 11.8 Å². The van der Waals surface area contributed by atoms with Gasteiger partial charge in [-0.05, 0) is 61.7 Å². The third-order valence-electron chi connectivity index (χ3n) is 6.19. The number of ether oxygens (including phenoxy) is 2. The number of methoxy groups -OCH3 is 2. The maximum absolute atomic E-state index is 13.0. The number of para-hydroxylation sites is 1. The highest BCUT2D eigenvalue weighted by molar-refractivity contribution is 8.18. The minimum atomic E-state index is -0.513. The van der Waals surface area contributed by atoms with Crippen molar-refractivity contribution in [2.75, 3.05) is 44.1 Å². The molecule has 0 atom stereocenters. The highest BCUT2D eigenvalue weighted by Crippen LogP contribution is 2.40. The first kappa shape index (κ1) is 24.7. The van der Waals surface area contributed by atoms with E-state index < -0.39 is 17.1 Å². The molecule has 35 heavy (non-hydrogen) atoms. The lowest BCUT2D eigenvalue weighted by Crippen LogP contribution is -2.36. The molecule has 2 aliphatic rings. The molecule has 0 saturated carbocycles. The molecular formula is C26H29N3O5S. The van der Waals surface area contributed by atoms with Crippen molar-refractivity contribution in [3.8, 4) is 11.5 Å². The Morgan fingerprint density at radius 1 is 1.06 bits per heavy atom. The smallest absolute Gasteiger partial charge is 0.294 e. The average molecular weight is 496 g/mol. The average Bonchev–Trinajstić information content (AvgIpc) is 3.46. The van der Waals surface area contributed by atoms with Gasteiger partial charge >= 0.3 is 0 Å². The Bertz CT molecular complexity index is 1180. The molecule has 1 N–H and O–H groups in total. The Morgan fingerprint density at radius 2 is 1.71 bits per heavy atom. The minimum Gasteiger partial charge on any atom is -0.496 e. The van der Waals surface area contributed by atoms with Crippen LogP contribution in [0.2, 0.25) is 0 Å². The van der Waals surface area contributed by atoms with Crippen LogP contribution in [0.4, 0.5) is 16.2 Å². The van der Waals surface area contributed by atoms with Crippen LogP contribution in [-0.4, -0.2) is 55.8 Å². The normalized spacial score (nSPS) is 16.9. The van der Waals surface area contributed by atoms with Crippen molar-refractivity contribution >= 4 is 46.3 Å². The molecule has 2 saturated heterocycles. The van der Waals surface area contributed by atoms with Crippen molar-refractivity contribution in [2.45, 2.75) is 26.7 Å². The lowest BCUT2D eigenvalue weighted by atomic mass is 10.1. The number of nitrogens with one attached hydrogen (secondary N) is 1. The Labute approximate surface area is 209 Å². The van der Waals surface area contributed by atoms with Crippen LogP contribution < -0.4 is 19.7 Å². The molecule has 4 rings (SSSR count). The second-order valence-electron chi connectivity index (χ2n) is 8.54. The van der Waals surface area contributed by atoms with E-state index in [1.807, 2.05) is 44.2 Å². The predicted molar refractivity (Wildman–Crippen MR) is 138 cm³/mol. The van der Waals surface area contributed by atoms with Gasteiger partial charge in [0.15, 0.2) is 0 Å². The number of aryl methyl sites for hydroxylation is 2. The fourth-order valence-electron chi connectivity index (χ4n) is 4.33. The lowest BCUT2D eigenvalue weighted by Gasteiger charge is -2.22. The molecule has 2 aromatic carbocycles. The summed E-state index contributed by atoms with van der Waals surface area (Å²) in [5.41, 5.74) is 4.07. The van der Waals surface area contributed by atoms with Gasteiger partial charge < -0.3 is 19.7 Å². The van der Waals surface area contributed by atoms with E-state index in [2.05, 4.69) is 10.2 Å². The zero-order valence-corrected chi connectivity index (χ0v) is 21.2. The molecule has 0 spiro atoms. The molecular weight excluding hydrogens is 466 g/mol. The number of hydrogen-bond donors (Lipinski definition) is 1. The number of nitrogens with zero attached hydrogens (tertiary/aromatic N) is 2. The molecule has 3 amide bonds. The number of rotatable bonds is 7. The van der Waals surface area contributed by atoms with Gasteiger partial charge in [-0.3, -0.25) is 19.3 Å². The topological polar surface area (TPSA) is 88.2 Å². The van der Waals surface area contributed by atoms with Gasteiger partial charge in [0, 0.05) is 30.4 Å². The Kier molecular flexibility index (Phi) is 7.35. The fourth-order valence-corrected chi connectivity index (χ4v) is 5.16. The summed E-state index contributed by atoms with van der Waals surface area (Å²) >= 11 is 0.805. The van der Waals surface area contributed by atoms with E-state index in [1.54, 1.807) is 20.3 Å². The number of benzene rings is 2. The highest BCUT2D eigenvalue weighted by atomic mass is 32.2. The SMILES string of the molecule is COc1cc(N2CCCC2)c(OC)cc1/C=C1\SC(=O)N(CC(=O)Nc2c(C)cccc2C)C1=O. The summed E-state index contributed by atoms with van der Waals surface area (Å²) < 4.78 is 11.2. The minimum absolute atomic E-state index is 0.226. The Hall–Kier alpha value is -3.46. The number of anilines is 2. The first-order valence-corrected chi connectivity index (χ1v) is 12.3. The van der Waals surface area contributed by atoms with E-state index in [4.69, 9.17) is 9.47 Å². The molecule has 2 heterocycles. The van der Waals surface area contributed by atoms with E-state index >= 15 is 0 Å². The Morgan fingerprint density at radius 3 is 2.34 bits per heavy atom. The molecule has 184 valence electrons. The van der Waals surface area contributed by atoms with Crippen molar-refractivity contribution in [1.29, 1.82) is 0 Å². The highest BCUT2D eigenvalue weighted by Gasteiger charge is 2.36. The van der Waals surface area contributed by atoms with Crippen LogP contribution in [-0.2, 0) is 9.59 Å². The maximum Gasteiger partial charge on any atom is 0.294 e. The zero-order valence-electron chi connectivity index (χ0n) is 20.3. The van der Waals surface area contributed by atoms with Gasteiger partial charge in [-0.1, -0.05) is 18.2 Å². The van der Waals surface area contributed by atoms with Crippen molar-refractivity contribution in [3.05, 3.63) is 51.9 Å². The molecule has 2 aromatic rings. The van der Waals surface area contributed by atoms with Gasteiger partial charge in [-0.25, -0.2) is 0 Å². The van der Waals surface area contributed by atoms with Crippen LogP contribution in [0.5, 0.6) is 11.5 Å². The summed E-state index contributed by atoms with van der Waals surface area (Å²) in [5, 5.41) is 2.33. The molecule has 2 aliphatic heterocycles. The number of hydrogen-bond acceptors (Lipinski definition) is 7. The lowest BCUT2D eigenvalue weighted by molar-refractivity contribution is -0.127. The van der Waals surface area contributed by atoms with Crippen molar-refractivity contribution in [3.63, 3.8) is 0 Å². The molecule has 0 radical (unpaired) electrons. The molecule has 0 aromatic heterocycles. The van der Waals surface area contributed by atoms with E-state index in [0.29, 0.717) is 22.7 Å². The van der Waals surface area contributed by atoms with Crippen LogP contribution in [0.15, 0.2) is 35.2 Å². The molecule has 0 unspecified atom stereocenters. The van der Waals surface area contributed by atoms with Crippen molar-refractivity contribution < 1.29 is 23.9 Å². The van der Waals surface area contributed by atoms with Crippen molar-refractivity contribution in [1.82, 2.24) is 4.90 Å². The van der Waals surface area contributed by atoms with E-state index in [0.717, 1.165) is 59.4 Å². The van der Waals surface area contributed by atoms with Gasteiger partial charge in [0.2, 0.25) is 5.91 Å². The number of carbonyl (C=O) groups is 3. The fraction of sp³-hybridized carbons (Fsp3) is 0.346. The number of carbonyl (C=O) groups excluding carboxylic acids is 3. The second kappa shape index (κ2) is 10.4. The van der Waals surface area contributed by atoms with E-state index in [-0.39, 0.29) is 11.4 Å². The van der Waals surface area contributed by atoms with Gasteiger partial charge in [-0.15, -0.1) is 0 Å². The number of thioether (sulfide) groups is 1. The van der Waals surface area contributed by atoms with E-state index in [1.165, 1.54) is 0 Å². The number of imide groups is 1. The summed E-state index contributed by atoms with van der Waals surface area (Å²) in [6, 6.07) is 9.40. The zero-order chi connectivity index (χ0) is 25.1. The van der Waals surface area contributed by atoms with Crippen molar-refractivity contribution in [2.24, 2.45) is 0 Å². The maximum atomic E-state index is 13.0. The van der Waals surface area contributed by atoms with Crippen LogP contribution in [0.25, 0.3) is 6.08 Å². The van der Waals surface area contributed by atoms with Crippen LogP contribution in [0, 0.1) is 13.8 Å². The third kappa shape index (κ3) is 5.14. The van der Waals surface area contributed by atoms with Gasteiger partial charge in [-0.2, -0.15) is 0 Å². The molecule has 9 heteroatoms. The molecule has 0 aliphatic carbocycles. The molecule has 2 fully saturated rings. The first-order chi connectivity index (χ1) is 16.8. The van der Waals surface area contributed by atoms with E-state index in [9.17, 15) is 14.4 Å². The van der Waals surface area contributed by atoms with Gasteiger partial charge in [0.1, 0.15) is 18.0 Å². The largest absolute Gasteiger partial charge is 0.496 e. The van der Waals surface area contributed by atoms with Gasteiger partial charge in [0.05, 0.1) is 24.8 Å².